The smallest absolute Gasteiger partial charge is 0.311 e. The lowest BCUT2D eigenvalue weighted by molar-refractivity contribution is -0.385. The van der Waals surface area contributed by atoms with E-state index in [0.29, 0.717) is 17.0 Å². The quantitative estimate of drug-likeness (QED) is 0.255. The number of hydrazone groups is 1. The highest BCUT2D eigenvalue weighted by Crippen LogP contribution is 2.28. The first-order valence-corrected chi connectivity index (χ1v) is 11.3. The second-order valence-corrected chi connectivity index (χ2v) is 8.79. The van der Waals surface area contributed by atoms with Gasteiger partial charge in [-0.05, 0) is 49.6 Å². The van der Waals surface area contributed by atoms with E-state index in [-0.39, 0.29) is 28.1 Å². The van der Waals surface area contributed by atoms with Gasteiger partial charge in [-0.2, -0.15) is 5.10 Å². The Morgan fingerprint density at radius 1 is 1.11 bits per heavy atom. The van der Waals surface area contributed by atoms with Crippen LogP contribution < -0.4 is 20.2 Å². The molecule has 0 heterocycles. The Labute approximate surface area is 212 Å². The van der Waals surface area contributed by atoms with Gasteiger partial charge in [0.25, 0.3) is 11.8 Å². The first-order valence-electron chi connectivity index (χ1n) is 10.6. The van der Waals surface area contributed by atoms with Crippen LogP contribution in [0.15, 0.2) is 41.5 Å². The molecule has 12 heteroatoms. The standard InChI is InChI=1S/C23H26Cl2N4O6/c1-13(2)9-18(27-22(30)14(3)35-20-8-6-16(24)11-17(20)25)23(31)28-26-12-15-5-7-21(34-4)19(10-15)29(32)33/h5-8,10-14,18H,9H2,1-4H3,(H,27,30)(H,28,31)/b26-12-/t14-,18-/m1/s1. The topological polar surface area (TPSA) is 132 Å². The molecule has 0 spiro atoms. The summed E-state index contributed by atoms with van der Waals surface area (Å²) in [6.07, 6.45) is 0.655. The maximum atomic E-state index is 12.7. The molecule has 0 aromatic heterocycles. The number of hydrogen-bond donors (Lipinski definition) is 2. The Bertz CT molecular complexity index is 1110. The number of hydrogen-bond acceptors (Lipinski definition) is 7. The van der Waals surface area contributed by atoms with Crippen LogP contribution in [0.25, 0.3) is 0 Å². The summed E-state index contributed by atoms with van der Waals surface area (Å²) in [4.78, 5) is 36.0. The predicted octanol–water partition coefficient (Wildman–Crippen LogP) is 4.36. The van der Waals surface area contributed by atoms with Gasteiger partial charge < -0.3 is 14.8 Å². The maximum absolute atomic E-state index is 12.7. The summed E-state index contributed by atoms with van der Waals surface area (Å²) in [5.74, 6) is -0.607. The molecule has 2 aromatic rings. The van der Waals surface area contributed by atoms with Gasteiger partial charge in [0.1, 0.15) is 11.8 Å². The first-order chi connectivity index (χ1) is 16.5. The number of benzene rings is 2. The van der Waals surface area contributed by atoms with Crippen LogP contribution in [0.4, 0.5) is 5.69 Å². The minimum atomic E-state index is -0.945. The van der Waals surface area contributed by atoms with Crippen LogP contribution in [0, 0.1) is 16.0 Å². The van der Waals surface area contributed by atoms with Crippen molar-refractivity contribution in [2.45, 2.75) is 39.3 Å². The van der Waals surface area contributed by atoms with Crippen LogP contribution in [0.1, 0.15) is 32.8 Å². The third-order valence-corrected chi connectivity index (χ3v) is 5.23. The van der Waals surface area contributed by atoms with Crippen molar-refractivity contribution in [3.8, 4) is 11.5 Å². The van der Waals surface area contributed by atoms with Crippen LogP contribution in [0.3, 0.4) is 0 Å². The molecule has 0 aliphatic rings. The third kappa shape index (κ3) is 8.41. The molecule has 2 rings (SSSR count). The highest BCUT2D eigenvalue weighted by Gasteiger charge is 2.25. The summed E-state index contributed by atoms with van der Waals surface area (Å²) in [6.45, 7) is 5.33. The Morgan fingerprint density at radius 3 is 2.40 bits per heavy atom. The Kier molecular flexibility index (Phi) is 10.3. The number of amides is 2. The zero-order valence-electron chi connectivity index (χ0n) is 19.6. The summed E-state index contributed by atoms with van der Waals surface area (Å²) in [6, 6.07) is 7.98. The molecule has 0 radical (unpaired) electrons. The Balaban J connectivity index is 2.05. The monoisotopic (exact) mass is 524 g/mol. The maximum Gasteiger partial charge on any atom is 0.311 e. The van der Waals surface area contributed by atoms with Crippen molar-refractivity contribution < 1.29 is 24.0 Å². The fourth-order valence-corrected chi connectivity index (χ4v) is 3.44. The second kappa shape index (κ2) is 12.9. The molecule has 2 N–H and O–H groups in total. The minimum Gasteiger partial charge on any atom is -0.490 e. The molecule has 0 saturated heterocycles. The van der Waals surface area contributed by atoms with Crippen LogP contribution in [-0.2, 0) is 9.59 Å². The fourth-order valence-electron chi connectivity index (χ4n) is 2.99. The van der Waals surface area contributed by atoms with Crippen molar-refractivity contribution in [2.24, 2.45) is 11.0 Å². The van der Waals surface area contributed by atoms with Gasteiger partial charge in [-0.25, -0.2) is 5.43 Å². The number of rotatable bonds is 11. The number of ether oxygens (including phenoxy) is 2. The lowest BCUT2D eigenvalue weighted by atomic mass is 10.0. The molecule has 2 atom stereocenters. The van der Waals surface area contributed by atoms with Gasteiger partial charge in [0.2, 0.25) is 0 Å². The van der Waals surface area contributed by atoms with Crippen LogP contribution in [-0.4, -0.2) is 42.2 Å². The van der Waals surface area contributed by atoms with Gasteiger partial charge in [-0.1, -0.05) is 37.0 Å². The first kappa shape index (κ1) is 27.9. The molecule has 10 nitrogen and oxygen atoms in total. The van der Waals surface area contributed by atoms with Gasteiger partial charge in [0, 0.05) is 16.7 Å². The molecule has 188 valence electrons. The van der Waals surface area contributed by atoms with Crippen molar-refractivity contribution in [2.75, 3.05) is 7.11 Å². The summed E-state index contributed by atoms with van der Waals surface area (Å²) < 4.78 is 10.6. The highest BCUT2D eigenvalue weighted by atomic mass is 35.5. The van der Waals surface area contributed by atoms with Gasteiger partial charge in [0.15, 0.2) is 11.9 Å². The van der Waals surface area contributed by atoms with Crippen molar-refractivity contribution in [1.82, 2.24) is 10.7 Å². The molecule has 0 fully saturated rings. The SMILES string of the molecule is COc1ccc(/C=N\NC(=O)[C@@H](CC(C)C)NC(=O)[C@@H](C)Oc2ccc(Cl)cc2Cl)cc1[N+](=O)[O-]. The average Bonchev–Trinajstić information content (AvgIpc) is 2.79. The minimum absolute atomic E-state index is 0.0844. The Hall–Kier alpha value is -3.37. The van der Waals surface area contributed by atoms with E-state index in [2.05, 4.69) is 15.8 Å². The van der Waals surface area contributed by atoms with Crippen molar-refractivity contribution >= 4 is 46.9 Å². The molecule has 35 heavy (non-hydrogen) atoms. The fraction of sp³-hybridized carbons (Fsp3) is 0.348. The molecular formula is C23H26Cl2N4O6. The van der Waals surface area contributed by atoms with E-state index in [4.69, 9.17) is 32.7 Å². The van der Waals surface area contributed by atoms with Gasteiger partial charge >= 0.3 is 5.69 Å². The van der Waals surface area contributed by atoms with E-state index in [1.807, 2.05) is 13.8 Å². The molecular weight excluding hydrogens is 499 g/mol. The number of halogens is 2. The largest absolute Gasteiger partial charge is 0.490 e. The summed E-state index contributed by atoms with van der Waals surface area (Å²) in [5.41, 5.74) is 2.51. The molecule has 0 bridgehead atoms. The zero-order chi connectivity index (χ0) is 26.1. The molecule has 0 aliphatic heterocycles. The summed E-state index contributed by atoms with van der Waals surface area (Å²) >= 11 is 12.0. The van der Waals surface area contributed by atoms with E-state index in [9.17, 15) is 19.7 Å². The number of methoxy groups -OCH3 is 1. The van der Waals surface area contributed by atoms with Gasteiger partial charge in [0.05, 0.1) is 23.3 Å². The highest BCUT2D eigenvalue weighted by molar-refractivity contribution is 6.35. The second-order valence-electron chi connectivity index (χ2n) is 7.95. The third-order valence-electron chi connectivity index (χ3n) is 4.69. The molecule has 0 saturated carbocycles. The number of carbonyl (C=O) groups excluding carboxylic acids is 2. The number of nitro benzene ring substituents is 1. The van der Waals surface area contributed by atoms with E-state index < -0.39 is 28.9 Å². The van der Waals surface area contributed by atoms with Gasteiger partial charge in [-0.15, -0.1) is 0 Å². The van der Waals surface area contributed by atoms with E-state index >= 15 is 0 Å². The zero-order valence-corrected chi connectivity index (χ0v) is 21.1. The van der Waals surface area contributed by atoms with Crippen LogP contribution >= 0.6 is 23.2 Å². The number of nitrogens with zero attached hydrogens (tertiary/aromatic N) is 2. The van der Waals surface area contributed by atoms with Crippen molar-refractivity contribution in [1.29, 1.82) is 0 Å². The van der Waals surface area contributed by atoms with Crippen LogP contribution in [0.5, 0.6) is 11.5 Å². The van der Waals surface area contributed by atoms with Gasteiger partial charge in [-0.3, -0.25) is 19.7 Å². The van der Waals surface area contributed by atoms with E-state index in [1.54, 1.807) is 18.2 Å². The number of nitrogens with one attached hydrogen (secondary N) is 2. The Morgan fingerprint density at radius 2 is 1.80 bits per heavy atom. The lowest BCUT2D eigenvalue weighted by Gasteiger charge is -2.22. The van der Waals surface area contributed by atoms with Crippen LogP contribution in [0.2, 0.25) is 10.0 Å². The summed E-state index contributed by atoms with van der Waals surface area (Å²) in [5, 5.41) is 18.4. The number of carbonyl (C=O) groups is 2. The summed E-state index contributed by atoms with van der Waals surface area (Å²) in [7, 11) is 1.33. The predicted molar refractivity (Wildman–Crippen MR) is 133 cm³/mol. The van der Waals surface area contributed by atoms with Crippen molar-refractivity contribution in [3.05, 3.63) is 62.1 Å². The normalized spacial score (nSPS) is 12.8. The van der Waals surface area contributed by atoms with E-state index in [0.717, 1.165) is 0 Å². The average molecular weight is 525 g/mol. The van der Waals surface area contributed by atoms with E-state index in [1.165, 1.54) is 38.4 Å². The lowest BCUT2D eigenvalue weighted by Crippen LogP contribution is -2.49. The molecule has 2 aromatic carbocycles. The number of nitro groups is 1. The molecule has 0 aliphatic carbocycles. The molecule has 0 unspecified atom stereocenters. The molecule has 2 amide bonds. The van der Waals surface area contributed by atoms with Crippen molar-refractivity contribution in [3.63, 3.8) is 0 Å².